The zero-order valence-electron chi connectivity index (χ0n) is 14.7. The first-order valence-corrected chi connectivity index (χ1v) is 10.2. The van der Waals surface area contributed by atoms with E-state index in [1.807, 2.05) is 30.3 Å². The van der Waals surface area contributed by atoms with Crippen molar-refractivity contribution in [3.63, 3.8) is 0 Å². The van der Waals surface area contributed by atoms with Gasteiger partial charge >= 0.3 is 0 Å². The third-order valence-corrected chi connectivity index (χ3v) is 6.00. The molecular weight excluding hydrogens is 424 g/mol. The summed E-state index contributed by atoms with van der Waals surface area (Å²) in [6.07, 6.45) is 3.44. The van der Waals surface area contributed by atoms with Crippen molar-refractivity contribution in [2.45, 2.75) is 24.4 Å². The number of rotatable bonds is 6. The standard InChI is InChI=1S/C20H17BrN4OS/c1-14-7-8-15(11-17(14)21)13-27-20-24-23-19(18-6-2-3-9-22-18)25(20)12-16-5-4-10-26-16/h2-11H,12-13H2,1H3. The second kappa shape index (κ2) is 8.10. The van der Waals surface area contributed by atoms with Crippen molar-refractivity contribution in [2.75, 3.05) is 0 Å². The van der Waals surface area contributed by atoms with E-state index in [1.165, 1.54) is 11.1 Å². The van der Waals surface area contributed by atoms with Gasteiger partial charge in [0.2, 0.25) is 0 Å². The van der Waals surface area contributed by atoms with Crippen LogP contribution in [0.2, 0.25) is 0 Å². The molecule has 0 bridgehead atoms. The normalized spacial score (nSPS) is 11.0. The second-order valence-electron chi connectivity index (χ2n) is 6.06. The predicted octanol–water partition coefficient (Wildman–Crippen LogP) is 5.34. The molecule has 7 heteroatoms. The molecular formula is C20H17BrN4OS. The number of halogens is 1. The third-order valence-electron chi connectivity index (χ3n) is 4.11. The number of furan rings is 1. The van der Waals surface area contributed by atoms with Crippen molar-refractivity contribution in [1.82, 2.24) is 19.7 Å². The Hall–Kier alpha value is -2.38. The van der Waals surface area contributed by atoms with Gasteiger partial charge in [0.1, 0.15) is 11.5 Å². The van der Waals surface area contributed by atoms with Crippen LogP contribution < -0.4 is 0 Å². The fraction of sp³-hybridized carbons (Fsp3) is 0.150. The molecule has 0 N–H and O–H groups in total. The van der Waals surface area contributed by atoms with Crippen LogP contribution in [0.3, 0.4) is 0 Å². The Morgan fingerprint density at radius 2 is 2.04 bits per heavy atom. The molecule has 3 heterocycles. The van der Waals surface area contributed by atoms with Crippen molar-refractivity contribution in [3.05, 3.63) is 82.4 Å². The number of nitrogens with zero attached hydrogens (tertiary/aromatic N) is 4. The molecule has 136 valence electrons. The largest absolute Gasteiger partial charge is 0.467 e. The molecule has 4 aromatic rings. The summed E-state index contributed by atoms with van der Waals surface area (Å²) in [6, 6.07) is 16.0. The van der Waals surface area contributed by atoms with Crippen LogP contribution in [0.4, 0.5) is 0 Å². The van der Waals surface area contributed by atoms with Gasteiger partial charge in [0.05, 0.1) is 12.8 Å². The summed E-state index contributed by atoms with van der Waals surface area (Å²) in [4.78, 5) is 4.42. The Morgan fingerprint density at radius 1 is 1.11 bits per heavy atom. The van der Waals surface area contributed by atoms with Crippen LogP contribution in [-0.4, -0.2) is 19.7 Å². The topological polar surface area (TPSA) is 56.7 Å². The highest BCUT2D eigenvalue weighted by molar-refractivity contribution is 9.10. The highest BCUT2D eigenvalue weighted by Gasteiger charge is 2.16. The lowest BCUT2D eigenvalue weighted by Crippen LogP contribution is -2.04. The second-order valence-corrected chi connectivity index (χ2v) is 7.86. The smallest absolute Gasteiger partial charge is 0.192 e. The minimum atomic E-state index is 0.561. The average molecular weight is 441 g/mol. The van der Waals surface area contributed by atoms with E-state index in [1.54, 1.807) is 24.2 Å². The van der Waals surface area contributed by atoms with E-state index in [0.717, 1.165) is 32.7 Å². The summed E-state index contributed by atoms with van der Waals surface area (Å²) >= 11 is 5.25. The van der Waals surface area contributed by atoms with E-state index in [2.05, 4.69) is 60.8 Å². The first-order chi connectivity index (χ1) is 13.2. The molecule has 0 aliphatic heterocycles. The van der Waals surface area contributed by atoms with Crippen molar-refractivity contribution in [2.24, 2.45) is 0 Å². The van der Waals surface area contributed by atoms with E-state index < -0.39 is 0 Å². The third kappa shape index (κ3) is 4.14. The van der Waals surface area contributed by atoms with Crippen LogP contribution in [0.1, 0.15) is 16.9 Å². The van der Waals surface area contributed by atoms with E-state index in [9.17, 15) is 0 Å². The number of aromatic nitrogens is 4. The lowest BCUT2D eigenvalue weighted by Gasteiger charge is -2.09. The van der Waals surface area contributed by atoms with Crippen LogP contribution in [0.5, 0.6) is 0 Å². The molecule has 0 amide bonds. The molecule has 1 aromatic carbocycles. The molecule has 0 saturated carbocycles. The molecule has 4 rings (SSSR count). The van der Waals surface area contributed by atoms with Gasteiger partial charge in [0.25, 0.3) is 0 Å². The number of hydrogen-bond acceptors (Lipinski definition) is 5. The van der Waals surface area contributed by atoms with Gasteiger partial charge in [0.15, 0.2) is 11.0 Å². The molecule has 0 unspecified atom stereocenters. The predicted molar refractivity (Wildman–Crippen MR) is 110 cm³/mol. The zero-order chi connectivity index (χ0) is 18.6. The lowest BCUT2D eigenvalue weighted by molar-refractivity contribution is 0.485. The molecule has 0 atom stereocenters. The summed E-state index contributed by atoms with van der Waals surface area (Å²) in [5, 5.41) is 9.64. The molecule has 27 heavy (non-hydrogen) atoms. The fourth-order valence-electron chi connectivity index (χ4n) is 2.65. The van der Waals surface area contributed by atoms with Crippen molar-refractivity contribution < 1.29 is 4.42 Å². The number of benzene rings is 1. The maximum Gasteiger partial charge on any atom is 0.192 e. The maximum absolute atomic E-state index is 5.53. The molecule has 3 aromatic heterocycles. The summed E-state index contributed by atoms with van der Waals surface area (Å²) in [6.45, 7) is 2.64. The van der Waals surface area contributed by atoms with Gasteiger partial charge < -0.3 is 4.42 Å². The van der Waals surface area contributed by atoms with Crippen molar-refractivity contribution >= 4 is 27.7 Å². The Labute approximate surface area is 170 Å². The number of thioether (sulfide) groups is 1. The number of hydrogen-bond donors (Lipinski definition) is 0. The van der Waals surface area contributed by atoms with E-state index in [-0.39, 0.29) is 0 Å². The molecule has 0 aliphatic carbocycles. The van der Waals surface area contributed by atoms with E-state index in [0.29, 0.717) is 6.54 Å². The van der Waals surface area contributed by atoms with Gasteiger partial charge in [-0.05, 0) is 48.4 Å². The van der Waals surface area contributed by atoms with Crippen LogP contribution in [0.25, 0.3) is 11.5 Å². The first-order valence-electron chi connectivity index (χ1n) is 8.45. The number of pyridine rings is 1. The van der Waals surface area contributed by atoms with Crippen LogP contribution >= 0.6 is 27.7 Å². The zero-order valence-corrected chi connectivity index (χ0v) is 17.1. The van der Waals surface area contributed by atoms with Crippen LogP contribution in [0, 0.1) is 6.92 Å². The van der Waals surface area contributed by atoms with Crippen molar-refractivity contribution in [1.29, 1.82) is 0 Å². The van der Waals surface area contributed by atoms with Gasteiger partial charge in [-0.1, -0.05) is 45.9 Å². The van der Waals surface area contributed by atoms with E-state index >= 15 is 0 Å². The molecule has 0 spiro atoms. The minimum absolute atomic E-state index is 0.561. The van der Waals surface area contributed by atoms with Gasteiger partial charge in [-0.15, -0.1) is 10.2 Å². The summed E-state index contributed by atoms with van der Waals surface area (Å²) in [5.41, 5.74) is 3.24. The molecule has 0 saturated heterocycles. The van der Waals surface area contributed by atoms with Gasteiger partial charge in [-0.2, -0.15) is 0 Å². The van der Waals surface area contributed by atoms with Crippen LogP contribution in [-0.2, 0) is 12.3 Å². The molecule has 5 nitrogen and oxygen atoms in total. The summed E-state index contributed by atoms with van der Waals surface area (Å²) in [7, 11) is 0. The Balaban J connectivity index is 1.63. The van der Waals surface area contributed by atoms with Gasteiger partial charge in [0, 0.05) is 16.4 Å². The summed E-state index contributed by atoms with van der Waals surface area (Å²) < 4.78 is 8.70. The first kappa shape index (κ1) is 18.0. The average Bonchev–Trinajstić information content (AvgIpc) is 3.34. The minimum Gasteiger partial charge on any atom is -0.467 e. The highest BCUT2D eigenvalue weighted by atomic mass is 79.9. The Kier molecular flexibility index (Phi) is 5.40. The Bertz CT molecular complexity index is 1030. The SMILES string of the molecule is Cc1ccc(CSc2nnc(-c3ccccn3)n2Cc2ccco2)cc1Br. The Morgan fingerprint density at radius 3 is 2.78 bits per heavy atom. The van der Waals surface area contributed by atoms with Crippen LogP contribution in [0.15, 0.2) is 75.0 Å². The molecule has 0 aliphatic rings. The number of aryl methyl sites for hydroxylation is 1. The van der Waals surface area contributed by atoms with Gasteiger partial charge in [-0.25, -0.2) is 0 Å². The maximum atomic E-state index is 5.53. The van der Waals surface area contributed by atoms with Crippen molar-refractivity contribution in [3.8, 4) is 11.5 Å². The van der Waals surface area contributed by atoms with E-state index in [4.69, 9.17) is 4.42 Å². The molecule has 0 fully saturated rings. The quantitative estimate of drug-likeness (QED) is 0.378. The van der Waals surface area contributed by atoms with Gasteiger partial charge in [-0.3, -0.25) is 9.55 Å². The molecule has 0 radical (unpaired) electrons. The summed E-state index contributed by atoms with van der Waals surface area (Å²) in [5.74, 6) is 2.39. The lowest BCUT2D eigenvalue weighted by atomic mass is 10.2. The fourth-order valence-corrected chi connectivity index (χ4v) is 3.96. The monoisotopic (exact) mass is 440 g/mol. The highest BCUT2D eigenvalue weighted by Crippen LogP contribution is 2.28.